The van der Waals surface area contributed by atoms with E-state index in [0.29, 0.717) is 0 Å². The third kappa shape index (κ3) is 0.885. The molecule has 0 spiro atoms. The average molecular weight is 170 g/mol. The first kappa shape index (κ1) is 6.54. The summed E-state index contributed by atoms with van der Waals surface area (Å²) < 4.78 is 0. The zero-order valence-electron chi connectivity index (χ0n) is 6.73. The van der Waals surface area contributed by atoms with Gasteiger partial charge in [0.15, 0.2) is 5.65 Å². The Balaban J connectivity index is 2.57. The Kier molecular flexibility index (Phi) is 1.14. The molecule has 0 aliphatic rings. The van der Waals surface area contributed by atoms with Gasteiger partial charge in [-0.2, -0.15) is 5.10 Å². The topological polar surface area (TPSA) is 54.5 Å². The van der Waals surface area contributed by atoms with E-state index in [1.165, 1.54) is 0 Å². The molecule has 1 N–H and O–H groups in total. The number of nitrogens with zero attached hydrogens (tertiary/aromatic N) is 3. The first-order chi connectivity index (χ1) is 6.43. The standard InChI is InChI=1S/C9H6N4/c1-2-4-7-6(3-1)11-8-5-10-13-9(8)12-7/h1-5H,(H,10,12,13). The van der Waals surface area contributed by atoms with Gasteiger partial charge in [0.2, 0.25) is 0 Å². The number of benzene rings is 1. The van der Waals surface area contributed by atoms with Crippen LogP contribution in [0.3, 0.4) is 0 Å². The van der Waals surface area contributed by atoms with Gasteiger partial charge in [0.1, 0.15) is 5.52 Å². The third-order valence-corrected chi connectivity index (χ3v) is 1.95. The molecule has 0 aliphatic heterocycles. The van der Waals surface area contributed by atoms with Crippen LogP contribution in [-0.2, 0) is 0 Å². The molecule has 3 aromatic rings. The summed E-state index contributed by atoms with van der Waals surface area (Å²) in [4.78, 5) is 8.74. The van der Waals surface area contributed by atoms with E-state index < -0.39 is 0 Å². The van der Waals surface area contributed by atoms with Crippen LogP contribution < -0.4 is 0 Å². The molecule has 0 radical (unpaired) electrons. The summed E-state index contributed by atoms with van der Waals surface area (Å²) in [5, 5.41) is 6.66. The lowest BCUT2D eigenvalue weighted by Gasteiger charge is -1.94. The van der Waals surface area contributed by atoms with Crippen molar-refractivity contribution in [2.45, 2.75) is 0 Å². The fourth-order valence-corrected chi connectivity index (χ4v) is 1.34. The zero-order chi connectivity index (χ0) is 8.67. The highest BCUT2D eigenvalue weighted by molar-refractivity contribution is 5.83. The molecule has 2 aromatic heterocycles. The fraction of sp³-hybridized carbons (Fsp3) is 0. The first-order valence-corrected chi connectivity index (χ1v) is 3.99. The summed E-state index contributed by atoms with van der Waals surface area (Å²) in [6.45, 7) is 0. The Morgan fingerprint density at radius 1 is 0.923 bits per heavy atom. The van der Waals surface area contributed by atoms with E-state index in [4.69, 9.17) is 0 Å². The molecule has 4 heteroatoms. The Morgan fingerprint density at radius 3 is 2.54 bits per heavy atom. The quantitative estimate of drug-likeness (QED) is 0.556. The fourth-order valence-electron chi connectivity index (χ4n) is 1.34. The first-order valence-electron chi connectivity index (χ1n) is 3.99. The van der Waals surface area contributed by atoms with Gasteiger partial charge in [-0.3, -0.25) is 5.10 Å². The van der Waals surface area contributed by atoms with E-state index in [1.54, 1.807) is 6.20 Å². The van der Waals surface area contributed by atoms with Crippen molar-refractivity contribution in [1.82, 2.24) is 20.2 Å². The monoisotopic (exact) mass is 170 g/mol. The highest BCUT2D eigenvalue weighted by Crippen LogP contribution is 2.12. The van der Waals surface area contributed by atoms with Crippen LogP contribution >= 0.6 is 0 Å². The van der Waals surface area contributed by atoms with E-state index in [0.717, 1.165) is 22.2 Å². The van der Waals surface area contributed by atoms with Crippen LogP contribution in [0.4, 0.5) is 0 Å². The number of rotatable bonds is 0. The number of fused-ring (bicyclic) bond motifs is 2. The van der Waals surface area contributed by atoms with E-state index in [2.05, 4.69) is 20.2 Å². The van der Waals surface area contributed by atoms with Crippen LogP contribution in [0.2, 0.25) is 0 Å². The van der Waals surface area contributed by atoms with Crippen molar-refractivity contribution in [2.75, 3.05) is 0 Å². The van der Waals surface area contributed by atoms with Crippen molar-refractivity contribution >= 4 is 22.2 Å². The molecular formula is C9H6N4. The minimum absolute atomic E-state index is 0.735. The SMILES string of the molecule is c1ccc2nc3[nH]ncc3nc2c1. The number of aromatic amines is 1. The van der Waals surface area contributed by atoms with Crippen molar-refractivity contribution in [3.8, 4) is 0 Å². The molecule has 4 nitrogen and oxygen atoms in total. The minimum atomic E-state index is 0.735. The summed E-state index contributed by atoms with van der Waals surface area (Å²) in [5.74, 6) is 0. The molecule has 0 unspecified atom stereocenters. The maximum absolute atomic E-state index is 4.38. The molecule has 13 heavy (non-hydrogen) atoms. The predicted molar refractivity (Wildman–Crippen MR) is 49.2 cm³/mol. The lowest BCUT2D eigenvalue weighted by atomic mass is 10.3. The van der Waals surface area contributed by atoms with Crippen molar-refractivity contribution in [1.29, 1.82) is 0 Å². The van der Waals surface area contributed by atoms with Crippen molar-refractivity contribution in [2.24, 2.45) is 0 Å². The molecular weight excluding hydrogens is 164 g/mol. The smallest absolute Gasteiger partial charge is 0.174 e. The molecule has 0 saturated carbocycles. The maximum Gasteiger partial charge on any atom is 0.174 e. The largest absolute Gasteiger partial charge is 0.259 e. The van der Waals surface area contributed by atoms with Gasteiger partial charge in [-0.05, 0) is 12.1 Å². The van der Waals surface area contributed by atoms with Crippen LogP contribution in [0.1, 0.15) is 0 Å². The number of hydrogen-bond acceptors (Lipinski definition) is 3. The molecule has 3 rings (SSSR count). The van der Waals surface area contributed by atoms with Crippen LogP contribution in [0, 0.1) is 0 Å². The number of nitrogens with one attached hydrogen (secondary N) is 1. The third-order valence-electron chi connectivity index (χ3n) is 1.95. The maximum atomic E-state index is 4.38. The van der Waals surface area contributed by atoms with Gasteiger partial charge < -0.3 is 0 Å². The van der Waals surface area contributed by atoms with Crippen molar-refractivity contribution < 1.29 is 0 Å². The van der Waals surface area contributed by atoms with Crippen molar-refractivity contribution in [3.63, 3.8) is 0 Å². The number of hydrogen-bond donors (Lipinski definition) is 1. The van der Waals surface area contributed by atoms with E-state index in [1.807, 2.05) is 24.3 Å². The second-order valence-electron chi connectivity index (χ2n) is 2.82. The molecule has 0 fully saturated rings. The van der Waals surface area contributed by atoms with E-state index in [-0.39, 0.29) is 0 Å². The molecule has 62 valence electrons. The van der Waals surface area contributed by atoms with Crippen LogP contribution in [0.15, 0.2) is 30.5 Å². The van der Waals surface area contributed by atoms with Crippen LogP contribution in [-0.4, -0.2) is 20.2 Å². The molecule has 0 aliphatic carbocycles. The summed E-state index contributed by atoms with van der Waals surface area (Å²) in [6.07, 6.45) is 1.68. The molecule has 0 saturated heterocycles. The summed E-state index contributed by atoms with van der Waals surface area (Å²) in [6, 6.07) is 7.76. The van der Waals surface area contributed by atoms with Gasteiger partial charge in [-0.15, -0.1) is 0 Å². The molecule has 0 bridgehead atoms. The normalized spacial score (nSPS) is 11.1. The highest BCUT2D eigenvalue weighted by Gasteiger charge is 2.00. The molecule has 2 heterocycles. The van der Waals surface area contributed by atoms with Crippen LogP contribution in [0.25, 0.3) is 22.2 Å². The van der Waals surface area contributed by atoms with Gasteiger partial charge in [0.25, 0.3) is 0 Å². The second-order valence-corrected chi connectivity index (χ2v) is 2.82. The Labute approximate surface area is 73.6 Å². The second kappa shape index (κ2) is 2.26. The number of H-pyrrole nitrogens is 1. The van der Waals surface area contributed by atoms with Crippen LogP contribution in [0.5, 0.6) is 0 Å². The Bertz CT molecular complexity index is 520. The molecule has 0 amide bonds. The molecule has 0 atom stereocenters. The number of aromatic nitrogens is 4. The van der Waals surface area contributed by atoms with Gasteiger partial charge >= 0.3 is 0 Å². The lowest BCUT2D eigenvalue weighted by molar-refractivity contribution is 1.10. The highest BCUT2D eigenvalue weighted by atomic mass is 15.1. The van der Waals surface area contributed by atoms with Gasteiger partial charge in [0.05, 0.1) is 17.2 Å². The summed E-state index contributed by atoms with van der Waals surface area (Å²) in [7, 11) is 0. The number of para-hydroxylation sites is 2. The van der Waals surface area contributed by atoms with Gasteiger partial charge in [0, 0.05) is 0 Å². The predicted octanol–water partition coefficient (Wildman–Crippen LogP) is 1.51. The van der Waals surface area contributed by atoms with Crippen molar-refractivity contribution in [3.05, 3.63) is 30.5 Å². The van der Waals surface area contributed by atoms with Gasteiger partial charge in [-0.1, -0.05) is 12.1 Å². The summed E-state index contributed by atoms with van der Waals surface area (Å²) >= 11 is 0. The van der Waals surface area contributed by atoms with E-state index in [9.17, 15) is 0 Å². The zero-order valence-corrected chi connectivity index (χ0v) is 6.73. The van der Waals surface area contributed by atoms with Gasteiger partial charge in [-0.25, -0.2) is 9.97 Å². The summed E-state index contributed by atoms with van der Waals surface area (Å²) in [5.41, 5.74) is 3.33. The Hall–Kier alpha value is -1.97. The Morgan fingerprint density at radius 2 is 1.69 bits per heavy atom. The lowest BCUT2D eigenvalue weighted by Crippen LogP contribution is -1.84. The minimum Gasteiger partial charge on any atom is -0.259 e. The average Bonchev–Trinajstić information content (AvgIpc) is 2.61. The molecule has 1 aromatic carbocycles. The van der Waals surface area contributed by atoms with E-state index >= 15 is 0 Å².